The van der Waals surface area contributed by atoms with Crippen LogP contribution < -0.4 is 11.3 Å². The summed E-state index contributed by atoms with van der Waals surface area (Å²) in [6.45, 7) is 0. The van der Waals surface area contributed by atoms with Crippen molar-refractivity contribution in [1.82, 2.24) is 5.43 Å². The van der Waals surface area contributed by atoms with E-state index in [4.69, 9.17) is 40.6 Å². The number of hydrazine groups is 1. The minimum atomic E-state index is -0.681. The van der Waals surface area contributed by atoms with Crippen molar-refractivity contribution in [1.29, 1.82) is 0 Å². The Labute approximate surface area is 125 Å². The first kappa shape index (κ1) is 14.6. The van der Waals surface area contributed by atoms with Crippen molar-refractivity contribution in [3.63, 3.8) is 0 Å². The first-order chi connectivity index (χ1) is 9.04. The molecule has 0 aliphatic rings. The molecule has 0 saturated heterocycles. The highest BCUT2D eigenvalue weighted by atomic mass is 35.5. The Morgan fingerprint density at radius 1 is 1.05 bits per heavy atom. The van der Waals surface area contributed by atoms with Crippen molar-refractivity contribution in [2.75, 3.05) is 0 Å². The smallest absolute Gasteiger partial charge is 0.129 e. The number of benzene rings is 2. The Hall–Kier alpha value is -0.840. The number of nitrogens with two attached hydrogens (primary N) is 1. The molecule has 0 aromatic heterocycles. The largest absolute Gasteiger partial charge is 0.271 e. The molecular formula is C13H10Cl3FN2. The highest BCUT2D eigenvalue weighted by Crippen LogP contribution is 2.34. The second-order valence-corrected chi connectivity index (χ2v) is 5.15. The summed E-state index contributed by atoms with van der Waals surface area (Å²) in [5.41, 5.74) is 3.31. The summed E-state index contributed by atoms with van der Waals surface area (Å²) in [5.74, 6) is 5.05. The van der Waals surface area contributed by atoms with Gasteiger partial charge in [-0.1, -0.05) is 40.9 Å². The molecule has 0 heterocycles. The number of halogens is 4. The zero-order valence-electron chi connectivity index (χ0n) is 9.63. The maximum atomic E-state index is 13.9. The summed E-state index contributed by atoms with van der Waals surface area (Å²) in [7, 11) is 0. The second-order valence-electron chi connectivity index (χ2n) is 3.90. The normalized spacial score (nSPS) is 12.5. The van der Waals surface area contributed by atoms with E-state index in [0.29, 0.717) is 15.6 Å². The van der Waals surface area contributed by atoms with Crippen LogP contribution in [0, 0.1) is 5.82 Å². The lowest BCUT2D eigenvalue weighted by Crippen LogP contribution is -2.30. The fourth-order valence-corrected chi connectivity index (χ4v) is 2.53. The lowest BCUT2D eigenvalue weighted by Gasteiger charge is -2.20. The maximum absolute atomic E-state index is 13.9. The maximum Gasteiger partial charge on any atom is 0.129 e. The Bertz CT molecular complexity index is 584. The molecule has 6 heteroatoms. The van der Waals surface area contributed by atoms with Crippen molar-refractivity contribution < 1.29 is 4.39 Å². The van der Waals surface area contributed by atoms with Gasteiger partial charge in [0, 0.05) is 20.6 Å². The zero-order valence-corrected chi connectivity index (χ0v) is 11.9. The fourth-order valence-electron chi connectivity index (χ4n) is 1.85. The van der Waals surface area contributed by atoms with Gasteiger partial charge >= 0.3 is 0 Å². The van der Waals surface area contributed by atoms with E-state index in [1.165, 1.54) is 12.1 Å². The third-order valence-electron chi connectivity index (χ3n) is 2.72. The summed E-state index contributed by atoms with van der Waals surface area (Å²) in [6, 6.07) is 8.63. The molecule has 2 nitrogen and oxygen atoms in total. The number of hydrogen-bond acceptors (Lipinski definition) is 2. The molecule has 0 fully saturated rings. The number of hydrogen-bond donors (Lipinski definition) is 2. The van der Waals surface area contributed by atoms with E-state index in [1.807, 2.05) is 0 Å². The standard InChI is InChI=1S/C13H10Cl3FN2/c14-7-4-5-9(15)8(6-7)13(19-18)12-10(16)2-1-3-11(12)17/h1-6,13,19H,18H2. The monoisotopic (exact) mass is 318 g/mol. The van der Waals surface area contributed by atoms with Gasteiger partial charge in [-0.25, -0.2) is 9.82 Å². The van der Waals surface area contributed by atoms with Crippen LogP contribution in [0.3, 0.4) is 0 Å². The molecule has 2 aromatic carbocycles. The lowest BCUT2D eigenvalue weighted by molar-refractivity contribution is 0.560. The molecule has 0 radical (unpaired) electrons. The Balaban J connectivity index is 2.59. The molecule has 1 atom stereocenters. The van der Waals surface area contributed by atoms with Gasteiger partial charge in [0.05, 0.1) is 6.04 Å². The second kappa shape index (κ2) is 6.07. The van der Waals surface area contributed by atoms with E-state index in [-0.39, 0.29) is 10.6 Å². The predicted octanol–water partition coefficient (Wildman–Crippen LogP) is 4.34. The van der Waals surface area contributed by atoms with E-state index in [0.717, 1.165) is 0 Å². The van der Waals surface area contributed by atoms with Crippen LogP contribution in [0.5, 0.6) is 0 Å². The van der Waals surface area contributed by atoms with Crippen LogP contribution in [0.1, 0.15) is 17.2 Å². The molecule has 0 saturated carbocycles. The summed E-state index contributed by atoms with van der Waals surface area (Å²) in [6.07, 6.45) is 0. The Kier molecular flexibility index (Phi) is 4.66. The van der Waals surface area contributed by atoms with Gasteiger partial charge in [0.1, 0.15) is 5.82 Å². The van der Waals surface area contributed by atoms with E-state index in [2.05, 4.69) is 5.43 Å². The van der Waals surface area contributed by atoms with E-state index in [1.54, 1.807) is 24.3 Å². The first-order valence-electron chi connectivity index (χ1n) is 5.39. The van der Waals surface area contributed by atoms with Crippen molar-refractivity contribution in [3.8, 4) is 0 Å². The minimum Gasteiger partial charge on any atom is -0.271 e. The van der Waals surface area contributed by atoms with Crippen molar-refractivity contribution in [2.45, 2.75) is 6.04 Å². The third kappa shape index (κ3) is 3.02. The molecular weight excluding hydrogens is 310 g/mol. The Morgan fingerprint density at radius 3 is 2.42 bits per heavy atom. The molecule has 0 aliphatic carbocycles. The molecule has 0 spiro atoms. The van der Waals surface area contributed by atoms with Crippen molar-refractivity contribution in [2.24, 2.45) is 5.84 Å². The highest BCUT2D eigenvalue weighted by Gasteiger charge is 2.22. The van der Waals surface area contributed by atoms with Gasteiger partial charge in [-0.05, 0) is 35.9 Å². The van der Waals surface area contributed by atoms with Crippen LogP contribution >= 0.6 is 34.8 Å². The average molecular weight is 320 g/mol. The summed E-state index contributed by atoms with van der Waals surface area (Å²) < 4.78 is 13.9. The summed E-state index contributed by atoms with van der Waals surface area (Å²) in [5, 5.41) is 1.16. The van der Waals surface area contributed by atoms with E-state index in [9.17, 15) is 4.39 Å². The molecule has 2 rings (SSSR count). The molecule has 3 N–H and O–H groups in total. The Morgan fingerprint density at radius 2 is 1.79 bits per heavy atom. The van der Waals surface area contributed by atoms with Gasteiger partial charge in [0.25, 0.3) is 0 Å². The first-order valence-corrected chi connectivity index (χ1v) is 6.53. The van der Waals surface area contributed by atoms with Gasteiger partial charge in [-0.3, -0.25) is 5.84 Å². The van der Waals surface area contributed by atoms with E-state index >= 15 is 0 Å². The van der Waals surface area contributed by atoms with Crippen molar-refractivity contribution >= 4 is 34.8 Å². The number of rotatable bonds is 3. The van der Waals surface area contributed by atoms with Crippen molar-refractivity contribution in [3.05, 3.63) is 68.4 Å². The van der Waals surface area contributed by atoms with Gasteiger partial charge < -0.3 is 0 Å². The molecule has 19 heavy (non-hydrogen) atoms. The predicted molar refractivity (Wildman–Crippen MR) is 77.0 cm³/mol. The van der Waals surface area contributed by atoms with Gasteiger partial charge in [0.15, 0.2) is 0 Å². The van der Waals surface area contributed by atoms with Crippen LogP contribution in [0.25, 0.3) is 0 Å². The van der Waals surface area contributed by atoms with Crippen LogP contribution in [0.15, 0.2) is 36.4 Å². The number of nitrogens with one attached hydrogen (secondary N) is 1. The zero-order chi connectivity index (χ0) is 14.0. The molecule has 0 amide bonds. The quantitative estimate of drug-likeness (QED) is 0.652. The van der Waals surface area contributed by atoms with E-state index < -0.39 is 11.9 Å². The van der Waals surface area contributed by atoms with Gasteiger partial charge in [0.2, 0.25) is 0 Å². The highest BCUT2D eigenvalue weighted by molar-refractivity contribution is 6.34. The average Bonchev–Trinajstić information content (AvgIpc) is 2.37. The van der Waals surface area contributed by atoms with Crippen LogP contribution in [-0.4, -0.2) is 0 Å². The molecule has 0 bridgehead atoms. The van der Waals surface area contributed by atoms with Crippen LogP contribution in [0.2, 0.25) is 15.1 Å². The molecule has 0 aliphatic heterocycles. The molecule has 2 aromatic rings. The van der Waals surface area contributed by atoms with Gasteiger partial charge in [-0.2, -0.15) is 0 Å². The SMILES string of the molecule is NNC(c1cc(Cl)ccc1Cl)c1c(F)cccc1Cl. The third-order valence-corrected chi connectivity index (χ3v) is 3.63. The summed E-state index contributed by atoms with van der Waals surface area (Å²) in [4.78, 5) is 0. The lowest BCUT2D eigenvalue weighted by atomic mass is 9.98. The fraction of sp³-hybridized carbons (Fsp3) is 0.0769. The van der Waals surface area contributed by atoms with Crippen LogP contribution in [-0.2, 0) is 0 Å². The summed E-state index contributed by atoms with van der Waals surface area (Å²) >= 11 is 18.1. The molecule has 1 unspecified atom stereocenters. The minimum absolute atomic E-state index is 0.232. The topological polar surface area (TPSA) is 38.0 Å². The van der Waals surface area contributed by atoms with Gasteiger partial charge in [-0.15, -0.1) is 0 Å². The van der Waals surface area contributed by atoms with Crippen LogP contribution in [0.4, 0.5) is 4.39 Å². The molecule has 100 valence electrons.